The van der Waals surface area contributed by atoms with Crippen LogP contribution in [0.1, 0.15) is 10.4 Å². The average Bonchev–Trinajstić information content (AvgIpc) is 2.47. The van der Waals surface area contributed by atoms with E-state index in [1.54, 1.807) is 12.1 Å². The minimum absolute atomic E-state index is 0.0322. The first-order valence-electron chi connectivity index (χ1n) is 6.00. The van der Waals surface area contributed by atoms with Gasteiger partial charge in [0.1, 0.15) is 5.82 Å². The standard InChI is InChI=1S/C14H9Cl2FN2O3/c15-10-6-8(17)3-4-9(10)14(21)22-7-12(20)19-11-2-1-5-18-13(11)16/h1-6H,7H2,(H,19,20). The first-order chi connectivity index (χ1) is 10.5. The van der Waals surface area contributed by atoms with E-state index in [2.05, 4.69) is 10.3 Å². The zero-order valence-electron chi connectivity index (χ0n) is 11.0. The summed E-state index contributed by atoms with van der Waals surface area (Å²) >= 11 is 11.5. The molecule has 0 aliphatic carbocycles. The normalized spacial score (nSPS) is 10.1. The third-order valence-corrected chi connectivity index (χ3v) is 3.13. The lowest BCUT2D eigenvalue weighted by Crippen LogP contribution is -2.21. The van der Waals surface area contributed by atoms with Crippen LogP contribution in [0.25, 0.3) is 0 Å². The Morgan fingerprint density at radius 2 is 2.05 bits per heavy atom. The van der Waals surface area contributed by atoms with Crippen LogP contribution in [0.4, 0.5) is 10.1 Å². The number of benzene rings is 1. The maximum Gasteiger partial charge on any atom is 0.340 e. The molecule has 1 aromatic carbocycles. The van der Waals surface area contributed by atoms with E-state index in [-0.39, 0.29) is 15.7 Å². The first kappa shape index (κ1) is 16.2. The fourth-order valence-corrected chi connectivity index (χ4v) is 1.94. The Morgan fingerprint density at radius 1 is 1.27 bits per heavy atom. The van der Waals surface area contributed by atoms with E-state index in [1.807, 2.05) is 0 Å². The van der Waals surface area contributed by atoms with Crippen molar-refractivity contribution < 1.29 is 18.7 Å². The van der Waals surface area contributed by atoms with E-state index in [4.69, 9.17) is 27.9 Å². The summed E-state index contributed by atoms with van der Waals surface area (Å²) in [6.07, 6.45) is 1.47. The van der Waals surface area contributed by atoms with Gasteiger partial charge in [-0.1, -0.05) is 23.2 Å². The fourth-order valence-electron chi connectivity index (χ4n) is 1.53. The third kappa shape index (κ3) is 4.16. The van der Waals surface area contributed by atoms with Crippen molar-refractivity contribution in [1.82, 2.24) is 4.98 Å². The van der Waals surface area contributed by atoms with Gasteiger partial charge in [0.25, 0.3) is 5.91 Å². The molecule has 0 atom stereocenters. The van der Waals surface area contributed by atoms with Gasteiger partial charge in [-0.15, -0.1) is 0 Å². The first-order valence-corrected chi connectivity index (χ1v) is 6.75. The zero-order chi connectivity index (χ0) is 16.1. The summed E-state index contributed by atoms with van der Waals surface area (Å²) < 4.78 is 17.7. The second-order valence-electron chi connectivity index (χ2n) is 4.09. The zero-order valence-corrected chi connectivity index (χ0v) is 12.5. The number of rotatable bonds is 4. The van der Waals surface area contributed by atoms with Crippen molar-refractivity contribution >= 4 is 40.8 Å². The van der Waals surface area contributed by atoms with Gasteiger partial charge in [-0.3, -0.25) is 4.79 Å². The maximum atomic E-state index is 12.9. The smallest absolute Gasteiger partial charge is 0.340 e. The molecule has 2 aromatic rings. The van der Waals surface area contributed by atoms with Crippen molar-refractivity contribution in [3.8, 4) is 0 Å². The van der Waals surface area contributed by atoms with Gasteiger partial charge in [-0.25, -0.2) is 14.2 Å². The van der Waals surface area contributed by atoms with E-state index < -0.39 is 24.3 Å². The van der Waals surface area contributed by atoms with Crippen LogP contribution in [0.3, 0.4) is 0 Å². The number of halogens is 3. The molecule has 0 bridgehead atoms. The van der Waals surface area contributed by atoms with E-state index >= 15 is 0 Å². The lowest BCUT2D eigenvalue weighted by molar-refractivity contribution is -0.119. The lowest BCUT2D eigenvalue weighted by atomic mass is 10.2. The number of carbonyl (C=O) groups is 2. The number of carbonyl (C=O) groups excluding carboxylic acids is 2. The van der Waals surface area contributed by atoms with Crippen molar-refractivity contribution in [3.05, 3.63) is 58.1 Å². The van der Waals surface area contributed by atoms with Crippen LogP contribution in [0, 0.1) is 5.82 Å². The lowest BCUT2D eigenvalue weighted by Gasteiger charge is -2.08. The average molecular weight is 343 g/mol. The van der Waals surface area contributed by atoms with Gasteiger partial charge in [-0.2, -0.15) is 0 Å². The number of pyridine rings is 1. The quantitative estimate of drug-likeness (QED) is 0.683. The SMILES string of the molecule is O=C(COC(=O)c1ccc(F)cc1Cl)Nc1cccnc1Cl. The summed E-state index contributed by atoms with van der Waals surface area (Å²) in [5, 5.41) is 2.46. The number of ether oxygens (including phenoxy) is 1. The van der Waals surface area contributed by atoms with E-state index in [0.717, 1.165) is 12.1 Å². The van der Waals surface area contributed by atoms with Crippen molar-refractivity contribution in [3.63, 3.8) is 0 Å². The van der Waals surface area contributed by atoms with Crippen LogP contribution in [-0.4, -0.2) is 23.5 Å². The summed E-state index contributed by atoms with van der Waals surface area (Å²) in [4.78, 5) is 27.2. The molecule has 22 heavy (non-hydrogen) atoms. The topological polar surface area (TPSA) is 68.3 Å². The Morgan fingerprint density at radius 3 is 2.73 bits per heavy atom. The van der Waals surface area contributed by atoms with Gasteiger partial charge in [0.05, 0.1) is 16.3 Å². The molecule has 114 valence electrons. The summed E-state index contributed by atoms with van der Waals surface area (Å²) in [5.74, 6) is -2.01. The molecule has 0 aliphatic heterocycles. The molecule has 1 amide bonds. The minimum atomic E-state index is -0.836. The summed E-state index contributed by atoms with van der Waals surface area (Å²) in [7, 11) is 0. The van der Waals surface area contributed by atoms with E-state index in [1.165, 1.54) is 12.3 Å². The molecule has 0 saturated carbocycles. The molecule has 0 spiro atoms. The molecule has 2 rings (SSSR count). The summed E-state index contributed by atoms with van der Waals surface area (Å²) in [6.45, 7) is -0.544. The summed E-state index contributed by atoms with van der Waals surface area (Å²) in [6, 6.07) is 6.36. The number of aromatic nitrogens is 1. The molecular weight excluding hydrogens is 334 g/mol. The van der Waals surface area contributed by atoms with Crippen molar-refractivity contribution in [1.29, 1.82) is 0 Å². The van der Waals surface area contributed by atoms with Gasteiger partial charge in [0.2, 0.25) is 0 Å². The van der Waals surface area contributed by atoms with Crippen LogP contribution in [0.15, 0.2) is 36.5 Å². The highest BCUT2D eigenvalue weighted by atomic mass is 35.5. The molecule has 1 heterocycles. The number of esters is 1. The Balaban J connectivity index is 1.93. The van der Waals surface area contributed by atoms with Crippen LogP contribution < -0.4 is 5.32 Å². The number of nitrogens with one attached hydrogen (secondary N) is 1. The van der Waals surface area contributed by atoms with Crippen LogP contribution in [0.2, 0.25) is 10.2 Å². The van der Waals surface area contributed by atoms with E-state index in [0.29, 0.717) is 5.69 Å². The molecule has 1 N–H and O–H groups in total. The third-order valence-electron chi connectivity index (χ3n) is 2.52. The molecular formula is C14H9Cl2FN2O3. The van der Waals surface area contributed by atoms with Crippen molar-refractivity contribution in [2.75, 3.05) is 11.9 Å². The van der Waals surface area contributed by atoms with Gasteiger partial charge < -0.3 is 10.1 Å². The van der Waals surface area contributed by atoms with Gasteiger partial charge in [0.15, 0.2) is 11.8 Å². The number of amides is 1. The highest BCUT2D eigenvalue weighted by Gasteiger charge is 2.15. The van der Waals surface area contributed by atoms with Crippen LogP contribution in [-0.2, 0) is 9.53 Å². The minimum Gasteiger partial charge on any atom is -0.452 e. The van der Waals surface area contributed by atoms with Gasteiger partial charge >= 0.3 is 5.97 Å². The van der Waals surface area contributed by atoms with Crippen LogP contribution >= 0.6 is 23.2 Å². The largest absolute Gasteiger partial charge is 0.452 e. The highest BCUT2D eigenvalue weighted by Crippen LogP contribution is 2.19. The molecule has 5 nitrogen and oxygen atoms in total. The molecule has 0 saturated heterocycles. The molecule has 0 radical (unpaired) electrons. The number of hydrogen-bond acceptors (Lipinski definition) is 4. The van der Waals surface area contributed by atoms with Crippen molar-refractivity contribution in [2.24, 2.45) is 0 Å². The predicted molar refractivity (Wildman–Crippen MR) is 79.6 cm³/mol. The van der Waals surface area contributed by atoms with Gasteiger partial charge in [0, 0.05) is 6.20 Å². The second kappa shape index (κ2) is 7.20. The molecule has 1 aromatic heterocycles. The van der Waals surface area contributed by atoms with Gasteiger partial charge in [-0.05, 0) is 30.3 Å². The monoisotopic (exact) mass is 342 g/mol. The molecule has 8 heteroatoms. The van der Waals surface area contributed by atoms with Crippen molar-refractivity contribution in [2.45, 2.75) is 0 Å². The molecule has 0 unspecified atom stereocenters. The Labute approximate surface area is 135 Å². The second-order valence-corrected chi connectivity index (χ2v) is 4.86. The maximum absolute atomic E-state index is 12.9. The Hall–Kier alpha value is -2.18. The van der Waals surface area contributed by atoms with Crippen LogP contribution in [0.5, 0.6) is 0 Å². The number of nitrogens with zero attached hydrogens (tertiary/aromatic N) is 1. The number of anilines is 1. The van der Waals surface area contributed by atoms with E-state index in [9.17, 15) is 14.0 Å². The Kier molecular flexibility index (Phi) is 5.30. The fraction of sp³-hybridized carbons (Fsp3) is 0.0714. The highest BCUT2D eigenvalue weighted by molar-refractivity contribution is 6.33. The Bertz CT molecular complexity index is 725. The summed E-state index contributed by atoms with van der Waals surface area (Å²) in [5.41, 5.74) is 0.264. The molecule has 0 fully saturated rings. The predicted octanol–water partition coefficient (Wildman–Crippen LogP) is 3.32. The number of hydrogen-bond donors (Lipinski definition) is 1. The molecule has 0 aliphatic rings.